The number of nitrogens with zero attached hydrogens (tertiary/aromatic N) is 2. The quantitative estimate of drug-likeness (QED) is 0.701. The van der Waals surface area contributed by atoms with E-state index in [1.54, 1.807) is 4.90 Å². The molecule has 2 aliphatic heterocycles. The first-order chi connectivity index (χ1) is 13.5. The number of thioether (sulfide) groups is 1. The predicted molar refractivity (Wildman–Crippen MR) is 103 cm³/mol. The lowest BCUT2D eigenvalue weighted by molar-refractivity contribution is -0.137. The second-order valence-electron chi connectivity index (χ2n) is 7.08. The van der Waals surface area contributed by atoms with Crippen molar-refractivity contribution in [1.29, 1.82) is 0 Å². The average Bonchev–Trinajstić information content (AvgIpc) is 3.04. The fourth-order valence-electron chi connectivity index (χ4n) is 3.32. The molecule has 1 atom stereocenters. The molecule has 0 bridgehead atoms. The van der Waals surface area contributed by atoms with Gasteiger partial charge in [-0.25, -0.2) is 8.42 Å². The maximum atomic E-state index is 12.6. The van der Waals surface area contributed by atoms with Crippen LogP contribution in [0.4, 0.5) is 13.2 Å². The second kappa shape index (κ2) is 8.55. The Kier molecular flexibility index (Phi) is 6.47. The van der Waals surface area contributed by atoms with Gasteiger partial charge in [0.15, 0.2) is 9.84 Å². The van der Waals surface area contributed by atoms with Crippen LogP contribution in [0.3, 0.4) is 0 Å². The summed E-state index contributed by atoms with van der Waals surface area (Å²) in [6.07, 6.45) is -3.88. The normalized spacial score (nSPS) is 22.0. The Hall–Kier alpha value is -1.75. The first-order valence-corrected chi connectivity index (χ1v) is 12.0. The number of rotatable bonds is 4. The van der Waals surface area contributed by atoms with Gasteiger partial charge >= 0.3 is 6.18 Å². The number of halogens is 3. The van der Waals surface area contributed by atoms with Crippen molar-refractivity contribution in [3.05, 3.63) is 35.4 Å². The molecule has 6 nitrogen and oxygen atoms in total. The number of carbonyl (C=O) groups excluding carboxylic acids is 2. The van der Waals surface area contributed by atoms with Crippen molar-refractivity contribution in [3.63, 3.8) is 0 Å². The fourth-order valence-corrected chi connectivity index (χ4v) is 6.86. The Bertz CT molecular complexity index is 864. The third kappa shape index (κ3) is 5.65. The van der Waals surface area contributed by atoms with Gasteiger partial charge in [-0.1, -0.05) is 0 Å². The van der Waals surface area contributed by atoms with Crippen molar-refractivity contribution >= 4 is 33.4 Å². The Morgan fingerprint density at radius 3 is 2.14 bits per heavy atom. The highest BCUT2D eigenvalue weighted by Crippen LogP contribution is 2.29. The molecule has 0 spiro atoms. The predicted octanol–water partition coefficient (Wildman–Crippen LogP) is 1.91. The van der Waals surface area contributed by atoms with Gasteiger partial charge < -0.3 is 9.80 Å². The van der Waals surface area contributed by atoms with E-state index in [4.69, 9.17) is 0 Å². The van der Waals surface area contributed by atoms with Gasteiger partial charge in [-0.15, -0.1) is 11.8 Å². The van der Waals surface area contributed by atoms with Gasteiger partial charge in [0.25, 0.3) is 5.91 Å². The summed E-state index contributed by atoms with van der Waals surface area (Å²) in [5.74, 6) is 0.0223. The summed E-state index contributed by atoms with van der Waals surface area (Å²) in [4.78, 5) is 28.0. The summed E-state index contributed by atoms with van der Waals surface area (Å²) < 4.78 is 60.8. The van der Waals surface area contributed by atoms with E-state index in [0.29, 0.717) is 32.6 Å². The van der Waals surface area contributed by atoms with E-state index >= 15 is 0 Å². The number of benzene rings is 1. The standard InChI is InChI=1S/C18H21F3N2O4S2/c19-18(20,21)14-3-1-13(2-4-14)17(25)23-8-6-22(7-9-23)16(24)11-28-15-5-10-29(26,27)12-15/h1-4,15H,5-12H2. The van der Waals surface area contributed by atoms with Gasteiger partial charge in [0.05, 0.1) is 22.8 Å². The molecule has 29 heavy (non-hydrogen) atoms. The molecule has 0 aromatic heterocycles. The number of sulfone groups is 1. The van der Waals surface area contributed by atoms with Gasteiger partial charge in [-0.3, -0.25) is 9.59 Å². The fraction of sp³-hybridized carbons (Fsp3) is 0.556. The van der Waals surface area contributed by atoms with Gasteiger partial charge in [0, 0.05) is 37.0 Å². The van der Waals surface area contributed by atoms with Crippen LogP contribution in [0.5, 0.6) is 0 Å². The number of amides is 2. The zero-order valence-corrected chi connectivity index (χ0v) is 17.2. The molecule has 2 amide bonds. The van der Waals surface area contributed by atoms with Crippen molar-refractivity contribution in [2.45, 2.75) is 17.8 Å². The summed E-state index contributed by atoms with van der Waals surface area (Å²) >= 11 is 1.35. The molecule has 2 fully saturated rings. The van der Waals surface area contributed by atoms with Gasteiger partial charge in [0.1, 0.15) is 0 Å². The van der Waals surface area contributed by atoms with Crippen molar-refractivity contribution in [1.82, 2.24) is 9.80 Å². The topological polar surface area (TPSA) is 74.8 Å². The number of alkyl halides is 3. The Morgan fingerprint density at radius 2 is 1.62 bits per heavy atom. The number of hydrogen-bond acceptors (Lipinski definition) is 5. The highest BCUT2D eigenvalue weighted by atomic mass is 32.2. The maximum absolute atomic E-state index is 12.6. The first kappa shape index (κ1) is 21.9. The van der Waals surface area contributed by atoms with E-state index in [1.807, 2.05) is 0 Å². The SMILES string of the molecule is O=C(CSC1CCS(=O)(=O)C1)N1CCN(C(=O)c2ccc(C(F)(F)F)cc2)CC1. The van der Waals surface area contributed by atoms with Crippen LogP contribution >= 0.6 is 11.8 Å². The minimum atomic E-state index is -4.45. The minimum Gasteiger partial charge on any atom is -0.338 e. The summed E-state index contributed by atoms with van der Waals surface area (Å²) in [6.45, 7) is 1.28. The van der Waals surface area contributed by atoms with E-state index in [2.05, 4.69) is 0 Å². The minimum absolute atomic E-state index is 0.0495. The Morgan fingerprint density at radius 1 is 1.03 bits per heavy atom. The highest BCUT2D eigenvalue weighted by molar-refractivity contribution is 8.02. The van der Waals surface area contributed by atoms with Crippen LogP contribution in [-0.2, 0) is 20.8 Å². The molecule has 1 aromatic carbocycles. The lowest BCUT2D eigenvalue weighted by atomic mass is 10.1. The Balaban J connectivity index is 1.47. The maximum Gasteiger partial charge on any atom is 0.416 e. The molecule has 0 radical (unpaired) electrons. The van der Waals surface area contributed by atoms with E-state index in [1.165, 1.54) is 16.7 Å². The van der Waals surface area contributed by atoms with Crippen LogP contribution < -0.4 is 0 Å². The third-order valence-corrected chi connectivity index (χ3v) is 8.28. The van der Waals surface area contributed by atoms with Crippen LogP contribution in [0.25, 0.3) is 0 Å². The molecule has 3 rings (SSSR count). The summed E-state index contributed by atoms with van der Waals surface area (Å²) in [7, 11) is -2.97. The zero-order chi connectivity index (χ0) is 21.2. The smallest absolute Gasteiger partial charge is 0.338 e. The van der Waals surface area contributed by atoms with Crippen LogP contribution in [0, 0.1) is 0 Å². The van der Waals surface area contributed by atoms with Crippen LogP contribution in [0.1, 0.15) is 22.3 Å². The molecule has 0 aliphatic carbocycles. The van der Waals surface area contributed by atoms with Crippen LogP contribution in [0.2, 0.25) is 0 Å². The van der Waals surface area contributed by atoms with Gasteiger partial charge in [-0.2, -0.15) is 13.2 Å². The lowest BCUT2D eigenvalue weighted by Gasteiger charge is -2.35. The van der Waals surface area contributed by atoms with Gasteiger partial charge in [0.2, 0.25) is 5.91 Å². The molecule has 0 saturated carbocycles. The monoisotopic (exact) mass is 450 g/mol. The molecule has 2 aliphatic rings. The van der Waals surface area contributed by atoms with Crippen molar-refractivity contribution in [2.24, 2.45) is 0 Å². The van der Waals surface area contributed by atoms with Crippen molar-refractivity contribution < 1.29 is 31.2 Å². The molecule has 1 unspecified atom stereocenters. The van der Waals surface area contributed by atoms with E-state index in [9.17, 15) is 31.2 Å². The van der Waals surface area contributed by atoms with Gasteiger partial charge in [-0.05, 0) is 30.7 Å². The molecular formula is C18H21F3N2O4S2. The van der Waals surface area contributed by atoms with Crippen molar-refractivity contribution in [3.8, 4) is 0 Å². The molecule has 1 aromatic rings. The summed E-state index contributed by atoms with van der Waals surface area (Å²) in [6, 6.07) is 4.09. The van der Waals surface area contributed by atoms with E-state index < -0.39 is 21.6 Å². The third-order valence-electron chi connectivity index (χ3n) is 5.01. The largest absolute Gasteiger partial charge is 0.416 e. The number of hydrogen-bond donors (Lipinski definition) is 0. The van der Waals surface area contributed by atoms with Crippen LogP contribution in [-0.4, -0.2) is 78.7 Å². The molecular weight excluding hydrogens is 429 g/mol. The molecule has 11 heteroatoms. The van der Waals surface area contributed by atoms with E-state index in [0.717, 1.165) is 24.3 Å². The second-order valence-corrected chi connectivity index (χ2v) is 10.6. The molecule has 2 saturated heterocycles. The highest BCUT2D eigenvalue weighted by Gasteiger charge is 2.32. The van der Waals surface area contributed by atoms with Crippen LogP contribution in [0.15, 0.2) is 24.3 Å². The van der Waals surface area contributed by atoms with E-state index in [-0.39, 0.29) is 39.9 Å². The zero-order valence-electron chi connectivity index (χ0n) is 15.5. The number of piperazine rings is 1. The lowest BCUT2D eigenvalue weighted by Crippen LogP contribution is -2.51. The molecule has 2 heterocycles. The molecule has 160 valence electrons. The average molecular weight is 451 g/mol. The Labute approximate surface area is 171 Å². The van der Waals surface area contributed by atoms with Crippen molar-refractivity contribution in [2.75, 3.05) is 43.4 Å². The number of carbonyl (C=O) groups is 2. The summed E-state index contributed by atoms with van der Waals surface area (Å²) in [5.41, 5.74) is -0.632. The first-order valence-electron chi connectivity index (χ1n) is 9.11. The molecule has 0 N–H and O–H groups in total. The summed E-state index contributed by atoms with van der Waals surface area (Å²) in [5, 5.41) is -0.0495.